The molecule has 112 valence electrons. The molecule has 0 radical (unpaired) electrons. The summed E-state index contributed by atoms with van der Waals surface area (Å²) < 4.78 is 0. The zero-order chi connectivity index (χ0) is 14.4. The zero-order valence-corrected chi connectivity index (χ0v) is 12.5. The average Bonchev–Trinajstić information content (AvgIpc) is 2.95. The maximum absolute atomic E-state index is 12.8. The number of hydrogen-bond acceptors (Lipinski definition) is 4. The fraction of sp³-hybridized carbons (Fsp3) is 0.867. The predicted molar refractivity (Wildman–Crippen MR) is 78.1 cm³/mol. The van der Waals surface area contributed by atoms with Crippen LogP contribution in [0.3, 0.4) is 0 Å². The van der Waals surface area contributed by atoms with Crippen molar-refractivity contribution in [3.8, 4) is 6.07 Å². The molecule has 0 bridgehead atoms. The molecular formula is C15H26N4O. The summed E-state index contributed by atoms with van der Waals surface area (Å²) in [6, 6.07) is 2.19. The third-order valence-corrected chi connectivity index (χ3v) is 4.63. The average molecular weight is 278 g/mol. The van der Waals surface area contributed by atoms with Gasteiger partial charge in [-0.15, -0.1) is 0 Å². The minimum absolute atomic E-state index is 0.149. The molecule has 2 heterocycles. The van der Waals surface area contributed by atoms with Gasteiger partial charge in [-0.25, -0.2) is 0 Å². The van der Waals surface area contributed by atoms with E-state index < -0.39 is 0 Å². The number of amides is 1. The Kier molecular flexibility index (Phi) is 5.38. The third-order valence-electron chi connectivity index (χ3n) is 4.63. The van der Waals surface area contributed by atoms with Crippen LogP contribution in [0.5, 0.6) is 0 Å². The van der Waals surface area contributed by atoms with E-state index in [-0.39, 0.29) is 5.41 Å². The van der Waals surface area contributed by atoms with Crippen LogP contribution in [0.4, 0.5) is 0 Å². The Morgan fingerprint density at radius 2 is 2.10 bits per heavy atom. The molecule has 1 unspecified atom stereocenters. The van der Waals surface area contributed by atoms with E-state index in [4.69, 9.17) is 5.26 Å². The van der Waals surface area contributed by atoms with Crippen LogP contribution in [-0.2, 0) is 4.79 Å². The van der Waals surface area contributed by atoms with E-state index >= 15 is 0 Å². The highest BCUT2D eigenvalue weighted by Gasteiger charge is 2.43. The van der Waals surface area contributed by atoms with Crippen LogP contribution >= 0.6 is 0 Å². The first kappa shape index (κ1) is 15.3. The van der Waals surface area contributed by atoms with Crippen molar-refractivity contribution in [3.05, 3.63) is 0 Å². The summed E-state index contributed by atoms with van der Waals surface area (Å²) in [6.45, 7) is 8.24. The standard InChI is InChI=1S/C15H26N4O/c1-2-4-15(5-7-17-13-15)14(20)19-11-9-18(10-12-19)8-3-6-16/h17H,2-5,7-13H2,1H3. The van der Waals surface area contributed by atoms with E-state index in [9.17, 15) is 4.79 Å². The summed E-state index contributed by atoms with van der Waals surface area (Å²) >= 11 is 0. The Bertz CT molecular complexity index is 363. The number of hydrogen-bond donors (Lipinski definition) is 1. The molecule has 0 aromatic heterocycles. The number of carbonyl (C=O) groups is 1. The second kappa shape index (κ2) is 7.05. The first-order valence-electron chi connectivity index (χ1n) is 7.81. The summed E-state index contributed by atoms with van der Waals surface area (Å²) in [6.07, 6.45) is 3.62. The monoisotopic (exact) mass is 278 g/mol. The Hall–Kier alpha value is -1.12. The minimum Gasteiger partial charge on any atom is -0.340 e. The van der Waals surface area contributed by atoms with Gasteiger partial charge in [0.2, 0.25) is 5.91 Å². The smallest absolute Gasteiger partial charge is 0.230 e. The molecule has 0 saturated carbocycles. The lowest BCUT2D eigenvalue weighted by Crippen LogP contribution is -2.53. The van der Waals surface area contributed by atoms with Crippen LogP contribution in [0.2, 0.25) is 0 Å². The lowest BCUT2D eigenvalue weighted by molar-refractivity contribution is -0.143. The van der Waals surface area contributed by atoms with Gasteiger partial charge < -0.3 is 10.2 Å². The predicted octanol–water partition coefficient (Wildman–Crippen LogP) is 0.824. The molecule has 2 aliphatic heterocycles. The molecule has 1 atom stereocenters. The van der Waals surface area contributed by atoms with E-state index in [2.05, 4.69) is 23.2 Å². The van der Waals surface area contributed by atoms with Gasteiger partial charge in [-0.1, -0.05) is 13.3 Å². The maximum Gasteiger partial charge on any atom is 0.230 e. The molecule has 0 aromatic carbocycles. The van der Waals surface area contributed by atoms with Crippen molar-refractivity contribution in [2.75, 3.05) is 45.8 Å². The summed E-state index contributed by atoms with van der Waals surface area (Å²) in [5.41, 5.74) is -0.149. The Labute approximate surface area is 121 Å². The molecule has 1 N–H and O–H groups in total. The van der Waals surface area contributed by atoms with Gasteiger partial charge in [-0.3, -0.25) is 9.69 Å². The van der Waals surface area contributed by atoms with Crippen LogP contribution in [-0.4, -0.2) is 61.5 Å². The molecule has 0 spiro atoms. The number of carbonyl (C=O) groups excluding carboxylic acids is 1. The summed E-state index contributed by atoms with van der Waals surface area (Å²) in [4.78, 5) is 17.2. The van der Waals surface area contributed by atoms with Gasteiger partial charge in [-0.05, 0) is 19.4 Å². The van der Waals surface area contributed by atoms with Gasteiger partial charge in [0.25, 0.3) is 0 Å². The summed E-state index contributed by atoms with van der Waals surface area (Å²) in [5, 5.41) is 12.0. The van der Waals surface area contributed by atoms with Crippen molar-refractivity contribution in [2.45, 2.75) is 32.6 Å². The van der Waals surface area contributed by atoms with Gasteiger partial charge in [0.1, 0.15) is 0 Å². The lowest BCUT2D eigenvalue weighted by Gasteiger charge is -2.39. The van der Waals surface area contributed by atoms with Crippen molar-refractivity contribution < 1.29 is 4.79 Å². The largest absolute Gasteiger partial charge is 0.340 e. The van der Waals surface area contributed by atoms with Crippen LogP contribution < -0.4 is 5.32 Å². The molecule has 2 rings (SSSR count). The molecule has 5 heteroatoms. The zero-order valence-electron chi connectivity index (χ0n) is 12.5. The third kappa shape index (κ3) is 3.31. The molecule has 2 fully saturated rings. The second-order valence-corrected chi connectivity index (χ2v) is 6.00. The molecule has 20 heavy (non-hydrogen) atoms. The molecule has 2 saturated heterocycles. The fourth-order valence-electron chi connectivity index (χ4n) is 3.44. The van der Waals surface area contributed by atoms with Crippen LogP contribution in [0, 0.1) is 16.7 Å². The van der Waals surface area contributed by atoms with E-state index in [1.807, 2.05) is 4.90 Å². The van der Waals surface area contributed by atoms with E-state index in [1.54, 1.807) is 0 Å². The fourth-order valence-corrected chi connectivity index (χ4v) is 3.44. The molecule has 0 aliphatic carbocycles. The van der Waals surface area contributed by atoms with Crippen LogP contribution in [0.25, 0.3) is 0 Å². The first-order chi connectivity index (χ1) is 9.72. The van der Waals surface area contributed by atoms with Crippen molar-refractivity contribution >= 4 is 5.91 Å². The SMILES string of the molecule is CCCC1(C(=O)N2CCN(CCC#N)CC2)CCNC1. The van der Waals surface area contributed by atoms with Crippen LogP contribution in [0.1, 0.15) is 32.6 Å². The molecule has 1 amide bonds. The van der Waals surface area contributed by atoms with Crippen LogP contribution in [0.15, 0.2) is 0 Å². The Morgan fingerprint density at radius 3 is 2.65 bits per heavy atom. The normalized spacial score (nSPS) is 27.5. The quantitative estimate of drug-likeness (QED) is 0.809. The number of nitrogens with one attached hydrogen (secondary N) is 1. The highest BCUT2D eigenvalue weighted by molar-refractivity contribution is 5.83. The number of nitrogens with zero attached hydrogens (tertiary/aromatic N) is 3. The van der Waals surface area contributed by atoms with Crippen molar-refractivity contribution in [2.24, 2.45) is 5.41 Å². The molecule has 0 aromatic rings. The van der Waals surface area contributed by atoms with Gasteiger partial charge in [-0.2, -0.15) is 5.26 Å². The first-order valence-corrected chi connectivity index (χ1v) is 7.81. The van der Waals surface area contributed by atoms with Gasteiger partial charge in [0.15, 0.2) is 0 Å². The lowest BCUT2D eigenvalue weighted by atomic mass is 9.81. The minimum atomic E-state index is -0.149. The Balaban J connectivity index is 1.89. The van der Waals surface area contributed by atoms with Gasteiger partial charge in [0, 0.05) is 45.7 Å². The molecule has 5 nitrogen and oxygen atoms in total. The number of piperazine rings is 1. The van der Waals surface area contributed by atoms with Crippen molar-refractivity contribution in [3.63, 3.8) is 0 Å². The number of nitriles is 1. The molecule has 2 aliphatic rings. The maximum atomic E-state index is 12.8. The highest BCUT2D eigenvalue weighted by atomic mass is 16.2. The van der Waals surface area contributed by atoms with E-state index in [0.717, 1.165) is 65.1 Å². The molecular weight excluding hydrogens is 252 g/mol. The van der Waals surface area contributed by atoms with Gasteiger partial charge in [0.05, 0.1) is 11.5 Å². The second-order valence-electron chi connectivity index (χ2n) is 6.00. The summed E-state index contributed by atoms with van der Waals surface area (Å²) in [7, 11) is 0. The van der Waals surface area contributed by atoms with Gasteiger partial charge >= 0.3 is 0 Å². The van der Waals surface area contributed by atoms with E-state index in [1.165, 1.54) is 0 Å². The van der Waals surface area contributed by atoms with Crippen molar-refractivity contribution in [1.82, 2.24) is 15.1 Å². The summed E-state index contributed by atoms with van der Waals surface area (Å²) in [5.74, 6) is 0.351. The van der Waals surface area contributed by atoms with Crippen molar-refractivity contribution in [1.29, 1.82) is 5.26 Å². The Morgan fingerprint density at radius 1 is 1.35 bits per heavy atom. The topological polar surface area (TPSA) is 59.4 Å². The van der Waals surface area contributed by atoms with E-state index in [0.29, 0.717) is 12.3 Å². The number of rotatable bonds is 5. The highest BCUT2D eigenvalue weighted by Crippen LogP contribution is 2.33.